The number of rotatable bonds is 15. The molecule has 11 nitrogen and oxygen atoms in total. The molecular weight excluding hydrogens is 690 g/mol. The zero-order valence-electron chi connectivity index (χ0n) is 31.7. The summed E-state index contributed by atoms with van der Waals surface area (Å²) >= 11 is 6.37. The van der Waals surface area contributed by atoms with Gasteiger partial charge in [-0.1, -0.05) is 41.9 Å². The number of aromatic amines is 1. The van der Waals surface area contributed by atoms with E-state index in [9.17, 15) is 14.7 Å². The number of benzene rings is 3. The monoisotopic (exact) mass is 739 g/mol. The molecule has 2 aromatic heterocycles. The molecule has 0 atom stereocenters. The van der Waals surface area contributed by atoms with E-state index in [-0.39, 0.29) is 18.0 Å². The minimum atomic E-state index is -1.02. The molecule has 0 aliphatic carbocycles. The predicted octanol–water partition coefficient (Wildman–Crippen LogP) is 7.32. The fourth-order valence-electron chi connectivity index (χ4n) is 6.62. The molecule has 0 fully saturated rings. The topological polar surface area (TPSA) is 137 Å². The van der Waals surface area contributed by atoms with E-state index in [2.05, 4.69) is 40.7 Å². The Morgan fingerprint density at radius 1 is 1.02 bits per heavy atom. The van der Waals surface area contributed by atoms with Crippen molar-refractivity contribution in [3.05, 3.63) is 105 Å². The van der Waals surface area contributed by atoms with Crippen molar-refractivity contribution in [2.24, 2.45) is 4.99 Å². The van der Waals surface area contributed by atoms with Gasteiger partial charge in [-0.05, 0) is 121 Å². The van der Waals surface area contributed by atoms with Crippen molar-refractivity contribution in [2.45, 2.75) is 60.4 Å². The maximum atomic E-state index is 14.0. The van der Waals surface area contributed by atoms with Crippen LogP contribution in [0, 0.1) is 27.7 Å². The zero-order chi connectivity index (χ0) is 38.2. The number of ether oxygens (including phenoxy) is 1. The number of amides is 1. The van der Waals surface area contributed by atoms with Crippen LogP contribution < -0.4 is 15.4 Å². The molecule has 280 valence electrons. The summed E-state index contributed by atoms with van der Waals surface area (Å²) in [5.74, 6) is 0.164. The molecule has 12 heteroatoms. The molecule has 0 unspecified atom stereocenters. The summed E-state index contributed by atoms with van der Waals surface area (Å²) < 4.78 is 8.02. The van der Waals surface area contributed by atoms with Gasteiger partial charge in [0.25, 0.3) is 5.91 Å². The Bertz CT molecular complexity index is 2110. The molecule has 0 saturated carbocycles. The van der Waals surface area contributed by atoms with Crippen LogP contribution in [0.5, 0.6) is 5.75 Å². The van der Waals surface area contributed by atoms with Gasteiger partial charge in [-0.2, -0.15) is 5.10 Å². The van der Waals surface area contributed by atoms with Crippen LogP contribution in [-0.4, -0.2) is 82.9 Å². The number of fused-ring (bicyclic) bond motifs is 1. The van der Waals surface area contributed by atoms with E-state index in [0.29, 0.717) is 49.8 Å². The number of nitrogens with one attached hydrogen (secondary N) is 3. The quantitative estimate of drug-likeness (QED) is 0.0502. The molecule has 0 aliphatic heterocycles. The molecule has 3 aromatic carbocycles. The van der Waals surface area contributed by atoms with Crippen molar-refractivity contribution < 1.29 is 19.4 Å². The number of aromatic nitrogens is 3. The number of aryl methyl sites for hydroxylation is 4. The molecular formula is C41H50ClN7O4. The van der Waals surface area contributed by atoms with Crippen LogP contribution in [0.2, 0.25) is 5.02 Å². The second kappa shape index (κ2) is 17.6. The van der Waals surface area contributed by atoms with Gasteiger partial charge < -0.3 is 30.4 Å². The van der Waals surface area contributed by atoms with Crippen LogP contribution in [-0.2, 0) is 13.0 Å². The summed E-state index contributed by atoms with van der Waals surface area (Å²) in [6, 6.07) is 16.6. The number of nitrogens with zero attached hydrogens (tertiary/aromatic N) is 4. The minimum absolute atomic E-state index is 0.168. The molecule has 4 N–H and O–H groups in total. The Morgan fingerprint density at radius 2 is 1.75 bits per heavy atom. The molecule has 0 aliphatic rings. The first-order valence-electron chi connectivity index (χ1n) is 18.0. The number of hydrogen-bond donors (Lipinski definition) is 4. The maximum absolute atomic E-state index is 14.0. The molecule has 0 radical (unpaired) electrons. The SMILES string of the molecule is CCNC(=NCCCN(C)C)n1nc(C)c(-c2cccc3c(CCCOc4cc(C)c(Cl)c(C)c4)c(C(=O)NCc4cccc(C(=O)O)c4)[nH]c23)c1C. The standard InChI is InChI=1S/C41H50ClN7O4/c1-8-43-41(44-18-12-19-48(6)7)49-28(5)35(27(4)47-49)34-16-10-15-32-33(17-11-20-53-31-21-25(2)36(42)26(3)22-31)38(46-37(32)34)39(50)45-24-29-13-9-14-30(23-29)40(51)52/h9-10,13-16,21-23,46H,8,11-12,17-20,24H2,1-7H3,(H,43,44)(H,45,50)(H,51,52). The summed E-state index contributed by atoms with van der Waals surface area (Å²) in [5.41, 5.74) is 8.63. The largest absolute Gasteiger partial charge is 0.494 e. The third-order valence-electron chi connectivity index (χ3n) is 9.17. The number of H-pyrrole nitrogens is 1. The fraction of sp³-hybridized carbons (Fsp3) is 0.366. The molecule has 0 spiro atoms. The first-order valence-corrected chi connectivity index (χ1v) is 18.4. The van der Waals surface area contributed by atoms with Gasteiger partial charge in [0.1, 0.15) is 11.4 Å². The van der Waals surface area contributed by atoms with E-state index in [1.54, 1.807) is 18.2 Å². The van der Waals surface area contributed by atoms with E-state index in [0.717, 1.165) is 73.8 Å². The van der Waals surface area contributed by atoms with Crippen molar-refractivity contribution in [1.82, 2.24) is 30.3 Å². The van der Waals surface area contributed by atoms with Gasteiger partial charge in [0.15, 0.2) is 0 Å². The lowest BCUT2D eigenvalue weighted by Crippen LogP contribution is -2.32. The van der Waals surface area contributed by atoms with E-state index < -0.39 is 5.97 Å². The molecule has 53 heavy (non-hydrogen) atoms. The second-order valence-electron chi connectivity index (χ2n) is 13.6. The maximum Gasteiger partial charge on any atom is 0.335 e. The number of carboxylic acid groups (broad SMARTS) is 1. The van der Waals surface area contributed by atoms with E-state index >= 15 is 0 Å². The Labute approximate surface area is 316 Å². The van der Waals surface area contributed by atoms with Crippen LogP contribution in [0.3, 0.4) is 0 Å². The molecule has 1 amide bonds. The van der Waals surface area contributed by atoms with Crippen molar-refractivity contribution in [1.29, 1.82) is 0 Å². The lowest BCUT2D eigenvalue weighted by molar-refractivity contribution is 0.0696. The van der Waals surface area contributed by atoms with E-state index in [1.165, 1.54) is 6.07 Å². The van der Waals surface area contributed by atoms with Crippen molar-refractivity contribution in [2.75, 3.05) is 40.3 Å². The molecule has 0 bridgehead atoms. The summed E-state index contributed by atoms with van der Waals surface area (Å²) in [6.07, 6.45) is 2.16. The number of aliphatic imine (C=N–C) groups is 1. The van der Waals surface area contributed by atoms with Crippen LogP contribution in [0.4, 0.5) is 0 Å². The zero-order valence-corrected chi connectivity index (χ0v) is 32.4. The van der Waals surface area contributed by atoms with Crippen LogP contribution in [0.1, 0.15) is 74.3 Å². The number of carbonyl (C=O) groups is 2. The summed E-state index contributed by atoms with van der Waals surface area (Å²) in [7, 11) is 4.11. The van der Waals surface area contributed by atoms with Gasteiger partial charge in [-0.3, -0.25) is 9.79 Å². The number of hydrogen-bond acceptors (Lipinski definition) is 6. The predicted molar refractivity (Wildman–Crippen MR) is 213 cm³/mol. The van der Waals surface area contributed by atoms with Gasteiger partial charge in [0, 0.05) is 41.2 Å². The van der Waals surface area contributed by atoms with Crippen LogP contribution in [0.25, 0.3) is 22.0 Å². The number of halogens is 1. The third-order valence-corrected chi connectivity index (χ3v) is 9.76. The van der Waals surface area contributed by atoms with E-state index in [1.807, 2.05) is 63.6 Å². The van der Waals surface area contributed by atoms with Crippen LogP contribution in [0.15, 0.2) is 59.6 Å². The molecule has 5 aromatic rings. The number of carbonyl (C=O) groups excluding carboxylic acids is 1. The number of aromatic carboxylic acids is 1. The smallest absolute Gasteiger partial charge is 0.335 e. The van der Waals surface area contributed by atoms with Crippen molar-refractivity contribution in [3.63, 3.8) is 0 Å². The van der Waals surface area contributed by atoms with Gasteiger partial charge in [-0.25, -0.2) is 9.48 Å². The highest BCUT2D eigenvalue weighted by atomic mass is 35.5. The Morgan fingerprint density at radius 3 is 2.45 bits per heavy atom. The first-order chi connectivity index (χ1) is 25.4. The number of carboxylic acids is 1. The molecule has 5 rings (SSSR count). The van der Waals surface area contributed by atoms with Crippen molar-refractivity contribution >= 4 is 40.3 Å². The number of para-hydroxylation sites is 1. The normalized spacial score (nSPS) is 11.8. The Hall–Kier alpha value is -5.13. The highest BCUT2D eigenvalue weighted by Gasteiger charge is 2.23. The van der Waals surface area contributed by atoms with Gasteiger partial charge in [0.05, 0.1) is 29.1 Å². The second-order valence-corrected chi connectivity index (χ2v) is 13.9. The van der Waals surface area contributed by atoms with Crippen LogP contribution >= 0.6 is 11.6 Å². The highest BCUT2D eigenvalue weighted by Crippen LogP contribution is 2.36. The molecule has 0 saturated heterocycles. The Kier molecular flexibility index (Phi) is 13.0. The van der Waals surface area contributed by atoms with Crippen molar-refractivity contribution in [3.8, 4) is 16.9 Å². The summed E-state index contributed by atoms with van der Waals surface area (Å²) in [5, 5.41) is 22.5. The van der Waals surface area contributed by atoms with E-state index in [4.69, 9.17) is 26.4 Å². The van der Waals surface area contributed by atoms with Gasteiger partial charge in [-0.15, -0.1) is 0 Å². The molecule has 2 heterocycles. The Balaban J connectivity index is 1.49. The summed E-state index contributed by atoms with van der Waals surface area (Å²) in [4.78, 5) is 36.0. The lowest BCUT2D eigenvalue weighted by Gasteiger charge is -2.12. The first kappa shape index (κ1) is 39.1. The third kappa shape index (κ3) is 9.27. The average Bonchev–Trinajstić information content (AvgIpc) is 3.65. The minimum Gasteiger partial charge on any atom is -0.494 e. The fourth-order valence-corrected chi connectivity index (χ4v) is 6.72. The average molecular weight is 740 g/mol. The van der Waals surface area contributed by atoms with Gasteiger partial charge in [0.2, 0.25) is 5.96 Å². The lowest BCUT2D eigenvalue weighted by atomic mass is 9.98. The highest BCUT2D eigenvalue weighted by molar-refractivity contribution is 6.32. The van der Waals surface area contributed by atoms with Gasteiger partial charge >= 0.3 is 5.97 Å². The summed E-state index contributed by atoms with van der Waals surface area (Å²) in [6.45, 7) is 12.9.